The van der Waals surface area contributed by atoms with Gasteiger partial charge in [-0.2, -0.15) is 0 Å². The smallest absolute Gasteiger partial charge is 0.253 e. The maximum Gasteiger partial charge on any atom is 0.253 e. The van der Waals surface area contributed by atoms with Gasteiger partial charge in [-0.05, 0) is 43.0 Å². The number of hydrogen-bond donors (Lipinski definition) is 1. The van der Waals surface area contributed by atoms with Crippen LogP contribution in [0.15, 0.2) is 53.8 Å². The summed E-state index contributed by atoms with van der Waals surface area (Å²) in [5, 5.41) is 10.7. The highest BCUT2D eigenvalue weighted by molar-refractivity contribution is 7.98. The first kappa shape index (κ1) is 14.6. The van der Waals surface area contributed by atoms with Crippen LogP contribution < -0.4 is 5.32 Å². The number of nitrogens with zero attached hydrogens (tertiary/aromatic N) is 3. The van der Waals surface area contributed by atoms with Gasteiger partial charge in [0.15, 0.2) is 5.65 Å². The summed E-state index contributed by atoms with van der Waals surface area (Å²) in [6.07, 6.45) is 5.35. The maximum atomic E-state index is 12.3. The summed E-state index contributed by atoms with van der Waals surface area (Å²) in [6, 6.07) is 11.7. The molecule has 1 N–H and O–H groups in total. The summed E-state index contributed by atoms with van der Waals surface area (Å²) in [5.74, 6) is -0.114. The highest BCUT2D eigenvalue weighted by Crippen LogP contribution is 2.19. The van der Waals surface area contributed by atoms with Crippen molar-refractivity contribution in [3.8, 4) is 0 Å². The summed E-state index contributed by atoms with van der Waals surface area (Å²) in [4.78, 5) is 13.6. The molecule has 0 aliphatic rings. The molecule has 0 bridgehead atoms. The van der Waals surface area contributed by atoms with E-state index in [1.165, 1.54) is 4.90 Å². The SMILES string of the molecule is CSc1ccc(C(C)NC(=O)c2ccc3nncn3c2)cc1. The van der Waals surface area contributed by atoms with E-state index in [1.807, 2.05) is 25.3 Å². The van der Waals surface area contributed by atoms with Crippen LogP contribution in [-0.4, -0.2) is 26.8 Å². The third-order valence-corrected chi connectivity index (χ3v) is 4.26. The summed E-state index contributed by atoms with van der Waals surface area (Å²) >= 11 is 1.70. The van der Waals surface area contributed by atoms with Gasteiger partial charge in [0.1, 0.15) is 6.33 Å². The van der Waals surface area contributed by atoms with Crippen LogP contribution in [0.4, 0.5) is 0 Å². The van der Waals surface area contributed by atoms with Gasteiger partial charge in [-0.25, -0.2) is 0 Å². The summed E-state index contributed by atoms with van der Waals surface area (Å²) in [7, 11) is 0. The van der Waals surface area contributed by atoms with Gasteiger partial charge in [0, 0.05) is 11.1 Å². The Morgan fingerprint density at radius 2 is 2.00 bits per heavy atom. The molecule has 1 aromatic carbocycles. The summed E-state index contributed by atoms with van der Waals surface area (Å²) < 4.78 is 1.73. The molecule has 112 valence electrons. The van der Waals surface area contributed by atoms with Crippen LogP contribution in [0.5, 0.6) is 0 Å². The fourth-order valence-corrected chi connectivity index (χ4v) is 2.63. The number of aromatic nitrogens is 3. The van der Waals surface area contributed by atoms with Gasteiger partial charge in [-0.1, -0.05) is 12.1 Å². The van der Waals surface area contributed by atoms with Crippen LogP contribution in [0, 0.1) is 0 Å². The number of benzene rings is 1. The third-order valence-electron chi connectivity index (χ3n) is 3.52. The average Bonchev–Trinajstić information content (AvgIpc) is 3.02. The second-order valence-electron chi connectivity index (χ2n) is 4.98. The van der Waals surface area contributed by atoms with Crippen molar-refractivity contribution in [1.29, 1.82) is 0 Å². The molecule has 0 saturated carbocycles. The minimum absolute atomic E-state index is 0.0555. The van der Waals surface area contributed by atoms with Crippen molar-refractivity contribution in [3.63, 3.8) is 0 Å². The predicted molar refractivity (Wildman–Crippen MR) is 87.1 cm³/mol. The molecule has 6 heteroatoms. The van der Waals surface area contributed by atoms with Crippen LogP contribution in [0.3, 0.4) is 0 Å². The van der Waals surface area contributed by atoms with E-state index in [1.54, 1.807) is 40.8 Å². The van der Waals surface area contributed by atoms with E-state index in [0.717, 1.165) is 11.2 Å². The van der Waals surface area contributed by atoms with E-state index < -0.39 is 0 Å². The fraction of sp³-hybridized carbons (Fsp3) is 0.188. The van der Waals surface area contributed by atoms with Gasteiger partial charge in [-0.3, -0.25) is 9.20 Å². The number of hydrogen-bond acceptors (Lipinski definition) is 4. The van der Waals surface area contributed by atoms with Crippen LogP contribution in [0.2, 0.25) is 0 Å². The molecule has 1 amide bonds. The number of carbonyl (C=O) groups excluding carboxylic acids is 1. The molecule has 3 aromatic rings. The lowest BCUT2D eigenvalue weighted by molar-refractivity contribution is 0.0939. The van der Waals surface area contributed by atoms with Crippen LogP contribution in [-0.2, 0) is 0 Å². The first-order valence-electron chi connectivity index (χ1n) is 6.91. The van der Waals surface area contributed by atoms with Gasteiger partial charge in [-0.15, -0.1) is 22.0 Å². The fourth-order valence-electron chi connectivity index (χ4n) is 2.22. The Labute approximate surface area is 132 Å². The number of fused-ring (bicyclic) bond motifs is 1. The van der Waals surface area contributed by atoms with Crippen molar-refractivity contribution in [2.75, 3.05) is 6.26 Å². The van der Waals surface area contributed by atoms with Crippen LogP contribution in [0.1, 0.15) is 28.9 Å². The van der Waals surface area contributed by atoms with Gasteiger partial charge >= 0.3 is 0 Å². The normalized spacial score (nSPS) is 12.3. The Kier molecular flexibility index (Phi) is 4.11. The van der Waals surface area contributed by atoms with E-state index in [0.29, 0.717) is 5.56 Å². The van der Waals surface area contributed by atoms with E-state index in [9.17, 15) is 4.79 Å². The van der Waals surface area contributed by atoms with Crippen molar-refractivity contribution >= 4 is 23.3 Å². The molecule has 0 aliphatic heterocycles. The van der Waals surface area contributed by atoms with E-state index in [4.69, 9.17) is 0 Å². The number of carbonyl (C=O) groups is 1. The lowest BCUT2D eigenvalue weighted by atomic mass is 10.1. The Balaban J connectivity index is 1.74. The minimum Gasteiger partial charge on any atom is -0.345 e. The zero-order valence-electron chi connectivity index (χ0n) is 12.4. The van der Waals surface area contributed by atoms with Crippen molar-refractivity contribution in [3.05, 3.63) is 60.0 Å². The van der Waals surface area contributed by atoms with E-state index in [2.05, 4.69) is 27.6 Å². The standard InChI is InChI=1S/C16H16N4OS/c1-11(12-3-6-14(22-2)7-4-12)18-16(21)13-5-8-15-19-17-10-20(15)9-13/h3-11H,1-2H3,(H,18,21). The van der Waals surface area contributed by atoms with Crippen molar-refractivity contribution in [1.82, 2.24) is 19.9 Å². The molecule has 0 fully saturated rings. The molecule has 5 nitrogen and oxygen atoms in total. The quantitative estimate of drug-likeness (QED) is 0.753. The largest absolute Gasteiger partial charge is 0.345 e. The average molecular weight is 312 g/mol. The Hall–Kier alpha value is -2.34. The molecular weight excluding hydrogens is 296 g/mol. The zero-order chi connectivity index (χ0) is 15.5. The van der Waals surface area contributed by atoms with Gasteiger partial charge in [0.25, 0.3) is 5.91 Å². The zero-order valence-corrected chi connectivity index (χ0v) is 13.2. The second kappa shape index (κ2) is 6.19. The summed E-state index contributed by atoms with van der Waals surface area (Å²) in [6.45, 7) is 1.98. The van der Waals surface area contributed by atoms with Gasteiger partial charge in [0.2, 0.25) is 0 Å². The predicted octanol–water partition coefficient (Wildman–Crippen LogP) is 2.94. The first-order chi connectivity index (χ1) is 10.7. The first-order valence-corrected chi connectivity index (χ1v) is 8.14. The highest BCUT2D eigenvalue weighted by Gasteiger charge is 2.12. The molecule has 0 aliphatic carbocycles. The molecule has 0 radical (unpaired) electrons. The van der Waals surface area contributed by atoms with Crippen molar-refractivity contribution < 1.29 is 4.79 Å². The van der Waals surface area contributed by atoms with Crippen molar-refractivity contribution in [2.24, 2.45) is 0 Å². The topological polar surface area (TPSA) is 59.3 Å². The number of amides is 1. The molecule has 2 aromatic heterocycles. The Bertz CT molecular complexity index is 797. The number of rotatable bonds is 4. The molecular formula is C16H16N4OS. The minimum atomic E-state index is -0.114. The van der Waals surface area contributed by atoms with Gasteiger partial charge < -0.3 is 5.32 Å². The monoisotopic (exact) mass is 312 g/mol. The van der Waals surface area contributed by atoms with E-state index in [-0.39, 0.29) is 11.9 Å². The highest BCUT2D eigenvalue weighted by atomic mass is 32.2. The number of pyridine rings is 1. The molecule has 2 heterocycles. The Morgan fingerprint density at radius 1 is 1.23 bits per heavy atom. The van der Waals surface area contributed by atoms with Gasteiger partial charge in [0.05, 0.1) is 11.6 Å². The molecule has 1 unspecified atom stereocenters. The summed E-state index contributed by atoms with van der Waals surface area (Å²) in [5.41, 5.74) is 2.38. The molecule has 0 saturated heterocycles. The van der Waals surface area contributed by atoms with Crippen LogP contribution in [0.25, 0.3) is 5.65 Å². The number of thioether (sulfide) groups is 1. The molecule has 3 rings (SSSR count). The maximum absolute atomic E-state index is 12.3. The lowest BCUT2D eigenvalue weighted by Crippen LogP contribution is -2.26. The van der Waals surface area contributed by atoms with Crippen molar-refractivity contribution in [2.45, 2.75) is 17.9 Å². The number of nitrogens with one attached hydrogen (secondary N) is 1. The lowest BCUT2D eigenvalue weighted by Gasteiger charge is -2.15. The molecule has 0 spiro atoms. The second-order valence-corrected chi connectivity index (χ2v) is 5.86. The Morgan fingerprint density at radius 3 is 2.73 bits per heavy atom. The third kappa shape index (κ3) is 2.96. The molecule has 1 atom stereocenters. The van der Waals surface area contributed by atoms with Crippen LogP contribution >= 0.6 is 11.8 Å². The molecule has 22 heavy (non-hydrogen) atoms. The van der Waals surface area contributed by atoms with E-state index >= 15 is 0 Å².